The number of likely N-dealkylation sites (N-methyl/N-ethyl adjacent to an activating group) is 1. The third kappa shape index (κ3) is 10.2. The fourth-order valence-electron chi connectivity index (χ4n) is 5.45. The number of rotatable bonds is 19. The molecule has 0 spiro atoms. The van der Waals surface area contributed by atoms with Crippen molar-refractivity contribution in [2.75, 3.05) is 26.3 Å². The van der Waals surface area contributed by atoms with Gasteiger partial charge in [0.15, 0.2) is 12.3 Å². The molecule has 9 heteroatoms. The molecule has 46 heavy (non-hydrogen) atoms. The van der Waals surface area contributed by atoms with Crippen molar-refractivity contribution in [3.63, 3.8) is 0 Å². The summed E-state index contributed by atoms with van der Waals surface area (Å²) in [4.78, 5) is 31.7. The van der Waals surface area contributed by atoms with Crippen LogP contribution in [0.5, 0.6) is 11.5 Å². The first kappa shape index (κ1) is 37.4. The first-order valence-electron chi connectivity index (χ1n) is 17.3. The zero-order valence-electron chi connectivity index (χ0n) is 28.9. The van der Waals surface area contributed by atoms with Gasteiger partial charge in [0, 0.05) is 28.8 Å². The summed E-state index contributed by atoms with van der Waals surface area (Å²) >= 11 is 1.29. The van der Waals surface area contributed by atoms with Gasteiger partial charge in [0.25, 0.3) is 0 Å². The van der Waals surface area contributed by atoms with E-state index in [1.165, 1.54) is 62.8 Å². The Morgan fingerprint density at radius 1 is 0.870 bits per heavy atom. The molecule has 254 valence electrons. The molecular formula is C37H55N2O6S+. The summed E-state index contributed by atoms with van der Waals surface area (Å²) in [6.07, 6.45) is 13.7. The van der Waals surface area contributed by atoms with Gasteiger partial charge in [-0.25, -0.2) is 9.37 Å². The van der Waals surface area contributed by atoms with Gasteiger partial charge in [-0.15, -0.1) is 0 Å². The fourth-order valence-corrected chi connectivity index (χ4v) is 6.84. The Morgan fingerprint density at radius 2 is 1.48 bits per heavy atom. The van der Waals surface area contributed by atoms with Gasteiger partial charge in [0.2, 0.25) is 5.78 Å². The SMILES string of the molecule is CCCCCCCCOC(=O)C[N+](CC)=C1N=C(C(C)(C)C)C(=C2C(=O)C(c3ccc(OCCCCCCCC)cc3O)=C2O)S1. The minimum atomic E-state index is -0.428. The van der Waals surface area contributed by atoms with Crippen LogP contribution in [0, 0.1) is 5.41 Å². The average molecular weight is 656 g/mol. The van der Waals surface area contributed by atoms with Crippen LogP contribution in [0.1, 0.15) is 124 Å². The van der Waals surface area contributed by atoms with E-state index < -0.39 is 5.41 Å². The highest BCUT2D eigenvalue weighted by molar-refractivity contribution is 8.18. The number of aromatic hydroxyl groups is 1. The largest absolute Gasteiger partial charge is 0.507 e. The number of ketones is 1. The Bertz CT molecular complexity index is 1350. The highest BCUT2D eigenvalue weighted by atomic mass is 32.2. The van der Waals surface area contributed by atoms with Crippen molar-refractivity contribution in [1.29, 1.82) is 0 Å². The molecule has 0 unspecified atom stereocenters. The summed E-state index contributed by atoms with van der Waals surface area (Å²) in [5.41, 5.74) is 0.775. The van der Waals surface area contributed by atoms with Crippen molar-refractivity contribution < 1.29 is 33.9 Å². The van der Waals surface area contributed by atoms with Gasteiger partial charge in [0.1, 0.15) is 17.3 Å². The molecule has 1 aromatic rings. The van der Waals surface area contributed by atoms with Crippen molar-refractivity contribution in [3.05, 3.63) is 40.0 Å². The number of carbonyl (C=O) groups is 2. The number of aliphatic hydroxyl groups excluding tert-OH is 1. The summed E-state index contributed by atoms with van der Waals surface area (Å²) in [5, 5.41) is 22.6. The van der Waals surface area contributed by atoms with Gasteiger partial charge in [0.05, 0.1) is 35.8 Å². The van der Waals surface area contributed by atoms with Gasteiger partial charge in [-0.1, -0.05) is 98.8 Å². The number of phenols is 1. The van der Waals surface area contributed by atoms with Crippen LogP contribution in [0.3, 0.4) is 0 Å². The molecule has 3 rings (SSSR count). The molecule has 0 bridgehead atoms. The number of unbranched alkanes of at least 4 members (excludes halogenated alkanes) is 10. The van der Waals surface area contributed by atoms with E-state index in [2.05, 4.69) is 13.8 Å². The Balaban J connectivity index is 1.73. The number of aliphatic imine (C=N–C) groups is 1. The number of amidine groups is 1. The molecule has 0 aromatic heterocycles. The highest BCUT2D eigenvalue weighted by Gasteiger charge is 2.47. The zero-order chi connectivity index (χ0) is 33.7. The number of allylic oxidation sites excluding steroid dienone is 3. The maximum Gasteiger partial charge on any atom is 0.360 e. The number of Topliss-reactive ketones (excluding diaryl/α,β-unsaturated/α-hetero) is 1. The highest BCUT2D eigenvalue weighted by Crippen LogP contribution is 2.47. The predicted molar refractivity (Wildman–Crippen MR) is 188 cm³/mol. The van der Waals surface area contributed by atoms with Crippen LogP contribution in [0.25, 0.3) is 5.57 Å². The molecule has 0 fully saturated rings. The van der Waals surface area contributed by atoms with Gasteiger partial charge >= 0.3 is 11.1 Å². The maximum absolute atomic E-state index is 13.6. The van der Waals surface area contributed by atoms with Crippen LogP contribution in [0.15, 0.2) is 39.4 Å². The summed E-state index contributed by atoms with van der Waals surface area (Å²) in [6, 6.07) is 4.83. The molecule has 0 saturated heterocycles. The lowest BCUT2D eigenvalue weighted by Crippen LogP contribution is -2.27. The average Bonchev–Trinajstić information content (AvgIpc) is 3.45. The second-order valence-corrected chi connectivity index (χ2v) is 14.1. The third-order valence-corrected chi connectivity index (χ3v) is 9.35. The molecule has 1 aliphatic carbocycles. The first-order chi connectivity index (χ1) is 22.0. The van der Waals surface area contributed by atoms with Crippen molar-refractivity contribution >= 4 is 40.0 Å². The van der Waals surface area contributed by atoms with Gasteiger partial charge in [-0.3, -0.25) is 4.79 Å². The number of hydrogen-bond acceptors (Lipinski definition) is 7. The number of benzene rings is 1. The van der Waals surface area contributed by atoms with Crippen LogP contribution in [0.4, 0.5) is 0 Å². The molecule has 0 amide bonds. The number of hydrogen-bond donors (Lipinski definition) is 2. The van der Waals surface area contributed by atoms with Crippen LogP contribution in [0.2, 0.25) is 0 Å². The molecule has 1 aliphatic heterocycles. The number of aliphatic hydroxyl groups is 1. The number of nitrogens with zero attached hydrogens (tertiary/aromatic N) is 2. The van der Waals surface area contributed by atoms with E-state index in [4.69, 9.17) is 14.5 Å². The second-order valence-electron chi connectivity index (χ2n) is 13.1. The lowest BCUT2D eigenvalue weighted by Gasteiger charge is -2.25. The quantitative estimate of drug-likeness (QED) is 0.0664. The third-order valence-electron chi connectivity index (χ3n) is 8.22. The second kappa shape index (κ2) is 18.3. The Kier molecular flexibility index (Phi) is 14.9. The zero-order valence-corrected chi connectivity index (χ0v) is 29.7. The smallest absolute Gasteiger partial charge is 0.360 e. The number of esters is 1. The molecule has 0 atom stereocenters. The van der Waals surface area contributed by atoms with E-state index in [1.54, 1.807) is 12.1 Å². The number of carbonyl (C=O) groups excluding carboxylic acids is 2. The Morgan fingerprint density at radius 3 is 2.04 bits per heavy atom. The van der Waals surface area contributed by atoms with Crippen molar-refractivity contribution in [1.82, 2.24) is 0 Å². The monoisotopic (exact) mass is 655 g/mol. The van der Waals surface area contributed by atoms with Crippen LogP contribution in [-0.2, 0) is 14.3 Å². The standard InChI is InChI=1S/C37H54N2O6S/c1-7-10-12-14-16-18-22-44-26-20-21-27(28(40)24-26)30-32(42)31(33(30)43)34-35(37(4,5)6)38-36(46-34)39(9-3)25-29(41)45-23-19-17-15-13-11-8-2/h20-21,24H,7-19,22-23,25H2,1-6H3,(H,42,43)/p+1. The van der Waals surface area contributed by atoms with Gasteiger partial charge in [-0.05, 0) is 36.9 Å². The first-order valence-corrected chi connectivity index (χ1v) is 18.1. The van der Waals surface area contributed by atoms with E-state index in [0.29, 0.717) is 41.3 Å². The summed E-state index contributed by atoms with van der Waals surface area (Å²) in [7, 11) is 0. The molecule has 2 N–H and O–H groups in total. The van der Waals surface area contributed by atoms with E-state index in [-0.39, 0.29) is 46.5 Å². The molecule has 0 radical (unpaired) electrons. The van der Waals surface area contributed by atoms with E-state index in [9.17, 15) is 19.8 Å². The van der Waals surface area contributed by atoms with Crippen LogP contribution in [-0.4, -0.2) is 63.7 Å². The van der Waals surface area contributed by atoms with E-state index >= 15 is 0 Å². The van der Waals surface area contributed by atoms with Crippen LogP contribution < -0.4 is 4.74 Å². The lowest BCUT2D eigenvalue weighted by atomic mass is 9.79. The molecule has 8 nitrogen and oxygen atoms in total. The number of phenolic OH excluding ortho intramolecular Hbond substituents is 1. The minimum absolute atomic E-state index is 0.0559. The molecule has 0 saturated carbocycles. The minimum Gasteiger partial charge on any atom is -0.507 e. The summed E-state index contributed by atoms with van der Waals surface area (Å²) < 4.78 is 13.2. The summed E-state index contributed by atoms with van der Waals surface area (Å²) in [5.74, 6) is -0.416. The Hall–Kier alpha value is -3.07. The predicted octanol–water partition coefficient (Wildman–Crippen LogP) is 8.76. The molecule has 1 heterocycles. The van der Waals surface area contributed by atoms with Crippen molar-refractivity contribution in [3.8, 4) is 11.5 Å². The van der Waals surface area contributed by atoms with Gasteiger partial charge in [-0.2, -0.15) is 0 Å². The van der Waals surface area contributed by atoms with Gasteiger partial charge < -0.3 is 19.7 Å². The Labute approximate surface area is 280 Å². The fraction of sp³-hybridized carbons (Fsp3) is 0.622. The summed E-state index contributed by atoms with van der Waals surface area (Å²) in [6.45, 7) is 13.9. The molecule has 1 aromatic carbocycles. The number of ether oxygens (including phenoxy) is 2. The lowest BCUT2D eigenvalue weighted by molar-refractivity contribution is -0.513. The molecular weight excluding hydrogens is 600 g/mol. The van der Waals surface area contributed by atoms with E-state index in [0.717, 1.165) is 32.1 Å². The van der Waals surface area contributed by atoms with E-state index in [1.807, 2.05) is 32.3 Å². The van der Waals surface area contributed by atoms with Crippen molar-refractivity contribution in [2.24, 2.45) is 10.4 Å². The van der Waals surface area contributed by atoms with Crippen molar-refractivity contribution in [2.45, 2.75) is 119 Å². The van der Waals surface area contributed by atoms with Crippen LogP contribution >= 0.6 is 11.8 Å². The molecule has 2 aliphatic rings. The maximum atomic E-state index is 13.6. The topological polar surface area (TPSA) is 108 Å². The number of thioether (sulfide) groups is 1. The normalized spacial score (nSPS) is 17.7.